The van der Waals surface area contributed by atoms with Crippen molar-refractivity contribution in [2.24, 2.45) is 0 Å². The first-order valence-electron chi connectivity index (χ1n) is 5.18. The number of aryl methyl sites for hydroxylation is 1. The molecule has 2 N–H and O–H groups in total. The molecule has 0 saturated carbocycles. The minimum atomic E-state index is -1.51. The highest BCUT2D eigenvalue weighted by Crippen LogP contribution is 2.37. The first kappa shape index (κ1) is 11.6. The van der Waals surface area contributed by atoms with E-state index in [0.717, 1.165) is 16.2 Å². The minimum Gasteiger partial charge on any atom is -0.364 e. The molecule has 0 aliphatic carbocycles. The molecule has 0 fully saturated rings. The number of ketones is 1. The van der Waals surface area contributed by atoms with Crippen molar-refractivity contribution >= 4 is 17.5 Å². The Balaban J connectivity index is 2.69. The summed E-state index contributed by atoms with van der Waals surface area (Å²) in [5.74, 6) is 0.921. The summed E-state index contributed by atoms with van der Waals surface area (Å²) in [7, 11) is 0. The third-order valence-corrected chi connectivity index (χ3v) is 4.12. The summed E-state index contributed by atoms with van der Waals surface area (Å²) in [6.45, 7) is 3.67. The van der Waals surface area contributed by atoms with Gasteiger partial charge in [0.25, 0.3) is 0 Å². The second kappa shape index (κ2) is 4.20. The number of Topliss-reactive ketones (excluding diaryl/α,β-unsaturated/α-hetero) is 1. The van der Waals surface area contributed by atoms with E-state index in [1.165, 1.54) is 0 Å². The van der Waals surface area contributed by atoms with Gasteiger partial charge in [0.2, 0.25) is 0 Å². The quantitative estimate of drug-likeness (QED) is 0.734. The van der Waals surface area contributed by atoms with Gasteiger partial charge in [0.1, 0.15) is 0 Å². The molecule has 1 heterocycles. The standard InChI is InChI=1S/C12H14O3S/c1-6-5-8(12(14)15)7(2)10-9(13)3-4-16-11(6)10/h5,12,14-15H,3-4H2,1-2H3. The zero-order valence-electron chi connectivity index (χ0n) is 9.28. The number of hydrogen-bond donors (Lipinski definition) is 2. The first-order valence-corrected chi connectivity index (χ1v) is 6.17. The number of aliphatic hydroxyl groups is 2. The van der Waals surface area contributed by atoms with Crippen LogP contribution in [0.15, 0.2) is 11.0 Å². The number of fused-ring (bicyclic) bond motifs is 1. The molecule has 0 atom stereocenters. The van der Waals surface area contributed by atoms with Crippen LogP contribution in [0.5, 0.6) is 0 Å². The van der Waals surface area contributed by atoms with Crippen molar-refractivity contribution in [2.75, 3.05) is 5.75 Å². The van der Waals surface area contributed by atoms with Crippen molar-refractivity contribution in [3.8, 4) is 0 Å². The van der Waals surface area contributed by atoms with Gasteiger partial charge < -0.3 is 10.2 Å². The number of carbonyl (C=O) groups is 1. The van der Waals surface area contributed by atoms with Gasteiger partial charge in [0.05, 0.1) is 0 Å². The third-order valence-electron chi connectivity index (χ3n) is 2.90. The molecule has 0 bridgehead atoms. The maximum atomic E-state index is 11.9. The number of carbonyl (C=O) groups excluding carboxylic acids is 1. The van der Waals surface area contributed by atoms with Gasteiger partial charge in [-0.3, -0.25) is 4.79 Å². The first-order chi connectivity index (χ1) is 7.52. The van der Waals surface area contributed by atoms with Gasteiger partial charge >= 0.3 is 0 Å². The zero-order chi connectivity index (χ0) is 11.9. The molecule has 86 valence electrons. The lowest BCUT2D eigenvalue weighted by molar-refractivity contribution is -0.0430. The lowest BCUT2D eigenvalue weighted by Crippen LogP contribution is -2.14. The molecular weight excluding hydrogens is 224 g/mol. The van der Waals surface area contributed by atoms with E-state index >= 15 is 0 Å². The second-order valence-electron chi connectivity index (χ2n) is 4.01. The predicted octanol–water partition coefficient (Wildman–Crippen LogP) is 1.97. The van der Waals surface area contributed by atoms with Crippen LogP contribution in [0.3, 0.4) is 0 Å². The van der Waals surface area contributed by atoms with Crippen molar-refractivity contribution < 1.29 is 15.0 Å². The molecule has 1 aliphatic rings. The number of aliphatic hydroxyl groups excluding tert-OH is 1. The topological polar surface area (TPSA) is 57.5 Å². The van der Waals surface area contributed by atoms with Crippen LogP contribution < -0.4 is 0 Å². The highest BCUT2D eigenvalue weighted by Gasteiger charge is 2.24. The van der Waals surface area contributed by atoms with Crippen LogP contribution >= 0.6 is 11.8 Å². The molecule has 1 aliphatic heterocycles. The molecule has 0 amide bonds. The van der Waals surface area contributed by atoms with Crippen molar-refractivity contribution in [3.05, 3.63) is 28.3 Å². The summed E-state index contributed by atoms with van der Waals surface area (Å²) in [6, 6.07) is 1.75. The maximum absolute atomic E-state index is 11.9. The molecule has 0 unspecified atom stereocenters. The fourth-order valence-corrected chi connectivity index (χ4v) is 3.27. The molecule has 0 saturated heterocycles. The molecule has 3 nitrogen and oxygen atoms in total. The fourth-order valence-electron chi connectivity index (χ4n) is 2.08. The van der Waals surface area contributed by atoms with Gasteiger partial charge in [-0.05, 0) is 31.0 Å². The van der Waals surface area contributed by atoms with Crippen molar-refractivity contribution in [2.45, 2.75) is 31.5 Å². The summed E-state index contributed by atoms with van der Waals surface area (Å²) in [4.78, 5) is 12.9. The van der Waals surface area contributed by atoms with Gasteiger partial charge in [0, 0.05) is 28.2 Å². The van der Waals surface area contributed by atoms with Crippen LogP contribution in [-0.2, 0) is 0 Å². The Bertz CT molecular complexity index is 452. The number of benzene rings is 1. The molecule has 16 heavy (non-hydrogen) atoms. The lowest BCUT2D eigenvalue weighted by atomic mass is 9.94. The Morgan fingerprint density at radius 3 is 2.69 bits per heavy atom. The van der Waals surface area contributed by atoms with Gasteiger partial charge in [-0.2, -0.15) is 0 Å². The third kappa shape index (κ3) is 1.77. The van der Waals surface area contributed by atoms with E-state index in [2.05, 4.69) is 0 Å². The van der Waals surface area contributed by atoms with E-state index in [-0.39, 0.29) is 5.78 Å². The Hall–Kier alpha value is -0.840. The SMILES string of the molecule is Cc1cc(C(O)O)c(C)c2c1SCCC2=O. The summed E-state index contributed by atoms with van der Waals surface area (Å²) in [6.07, 6.45) is -0.980. The van der Waals surface area contributed by atoms with Crippen LogP contribution in [0, 0.1) is 13.8 Å². The fraction of sp³-hybridized carbons (Fsp3) is 0.417. The van der Waals surface area contributed by atoms with E-state index in [1.54, 1.807) is 24.8 Å². The maximum Gasteiger partial charge on any atom is 0.178 e. The predicted molar refractivity (Wildman–Crippen MR) is 62.8 cm³/mol. The highest BCUT2D eigenvalue weighted by molar-refractivity contribution is 7.99. The molecule has 0 spiro atoms. The van der Waals surface area contributed by atoms with Crippen LogP contribution in [0.2, 0.25) is 0 Å². The molecule has 0 aromatic heterocycles. The van der Waals surface area contributed by atoms with Crippen molar-refractivity contribution in [3.63, 3.8) is 0 Å². The minimum absolute atomic E-state index is 0.108. The summed E-state index contributed by atoms with van der Waals surface area (Å²) in [5.41, 5.74) is 2.76. The van der Waals surface area contributed by atoms with E-state index < -0.39 is 6.29 Å². The highest BCUT2D eigenvalue weighted by atomic mass is 32.2. The van der Waals surface area contributed by atoms with Gasteiger partial charge in [-0.25, -0.2) is 0 Å². The summed E-state index contributed by atoms with van der Waals surface area (Å²) in [5, 5.41) is 18.5. The molecule has 1 aromatic rings. The Labute approximate surface area is 98.5 Å². The molecule has 4 heteroatoms. The van der Waals surface area contributed by atoms with E-state index in [9.17, 15) is 15.0 Å². The van der Waals surface area contributed by atoms with E-state index in [4.69, 9.17) is 0 Å². The number of thioether (sulfide) groups is 1. The van der Waals surface area contributed by atoms with Crippen LogP contribution in [0.4, 0.5) is 0 Å². The Morgan fingerprint density at radius 2 is 2.06 bits per heavy atom. The number of rotatable bonds is 1. The van der Waals surface area contributed by atoms with Crippen LogP contribution in [-0.4, -0.2) is 21.7 Å². The summed E-state index contributed by atoms with van der Waals surface area (Å²) < 4.78 is 0. The van der Waals surface area contributed by atoms with Crippen LogP contribution in [0.25, 0.3) is 0 Å². The molecule has 1 aromatic carbocycles. The second-order valence-corrected chi connectivity index (χ2v) is 5.11. The summed E-state index contributed by atoms with van der Waals surface area (Å²) >= 11 is 1.67. The normalized spacial score (nSPS) is 15.4. The monoisotopic (exact) mass is 238 g/mol. The van der Waals surface area contributed by atoms with Gasteiger partial charge in [-0.1, -0.05) is 0 Å². The van der Waals surface area contributed by atoms with E-state index in [1.807, 2.05) is 6.92 Å². The van der Waals surface area contributed by atoms with Crippen molar-refractivity contribution in [1.29, 1.82) is 0 Å². The average molecular weight is 238 g/mol. The molecular formula is C12H14O3S. The lowest BCUT2D eigenvalue weighted by Gasteiger charge is -2.21. The Morgan fingerprint density at radius 1 is 1.38 bits per heavy atom. The van der Waals surface area contributed by atoms with Gasteiger partial charge in [-0.15, -0.1) is 11.8 Å². The zero-order valence-corrected chi connectivity index (χ0v) is 10.1. The van der Waals surface area contributed by atoms with E-state index in [0.29, 0.717) is 23.1 Å². The largest absolute Gasteiger partial charge is 0.364 e. The molecule has 0 radical (unpaired) electrons. The number of hydrogen-bond acceptors (Lipinski definition) is 4. The smallest absolute Gasteiger partial charge is 0.178 e. The van der Waals surface area contributed by atoms with Crippen LogP contribution in [0.1, 0.15) is 39.8 Å². The van der Waals surface area contributed by atoms with Crippen molar-refractivity contribution in [1.82, 2.24) is 0 Å². The van der Waals surface area contributed by atoms with Gasteiger partial charge in [0.15, 0.2) is 12.1 Å². The Kier molecular flexibility index (Phi) is 3.06. The molecule has 2 rings (SSSR count). The average Bonchev–Trinajstić information content (AvgIpc) is 2.22.